The Balaban J connectivity index is 1.52. The molecule has 0 aromatic heterocycles. The number of fused-ring (bicyclic) bond motifs is 1. The number of nitrogens with zero attached hydrogens (tertiary/aromatic N) is 1. The van der Waals surface area contributed by atoms with E-state index in [1.165, 1.54) is 30.0 Å². The number of benzene rings is 1. The summed E-state index contributed by atoms with van der Waals surface area (Å²) in [7, 11) is 0. The second-order valence-corrected chi connectivity index (χ2v) is 8.37. The first-order valence-electron chi connectivity index (χ1n) is 9.72. The van der Waals surface area contributed by atoms with Crippen molar-refractivity contribution in [2.75, 3.05) is 13.2 Å². The van der Waals surface area contributed by atoms with Crippen LogP contribution in [-0.4, -0.2) is 60.0 Å². The largest absolute Gasteiger partial charge is 0.409 e. The molecule has 1 aromatic rings. The first-order chi connectivity index (χ1) is 14.5. The highest BCUT2D eigenvalue weighted by Gasteiger charge is 2.55. The average molecular weight is 439 g/mol. The van der Waals surface area contributed by atoms with E-state index in [1.807, 2.05) is 0 Å². The summed E-state index contributed by atoms with van der Waals surface area (Å²) in [6, 6.07) is 1.13. The monoisotopic (exact) mass is 439 g/mol. The number of imide groups is 1. The van der Waals surface area contributed by atoms with Gasteiger partial charge in [-0.05, 0) is 30.2 Å². The summed E-state index contributed by atoms with van der Waals surface area (Å²) in [4.78, 5) is 50.0. The Hall–Kier alpha value is -2.95. The summed E-state index contributed by atoms with van der Waals surface area (Å²) in [5.74, 6) is -2.32. The van der Waals surface area contributed by atoms with Crippen molar-refractivity contribution in [3.8, 4) is 0 Å². The molecule has 4 amide bonds. The van der Waals surface area contributed by atoms with Gasteiger partial charge in [0.05, 0.1) is 13.2 Å². The molecule has 1 aromatic carbocycles. The minimum atomic E-state index is -4.65. The number of alkyl halides is 3. The normalized spacial score (nSPS) is 23.7. The maximum absolute atomic E-state index is 13.5. The number of halogens is 3. The number of amides is 4. The van der Waals surface area contributed by atoms with Crippen LogP contribution in [-0.2, 0) is 20.9 Å². The first kappa shape index (κ1) is 21.3. The summed E-state index contributed by atoms with van der Waals surface area (Å²) in [6.07, 6.45) is -4.36. The molecule has 0 spiro atoms. The topological polar surface area (TPSA) is 105 Å². The summed E-state index contributed by atoms with van der Waals surface area (Å²) in [5, 5.41) is 4.25. The maximum Gasteiger partial charge on any atom is 0.409 e. The lowest BCUT2D eigenvalue weighted by Gasteiger charge is -2.44. The number of carbonyl (C=O) groups excluding carboxylic acids is 4. The van der Waals surface area contributed by atoms with Crippen LogP contribution in [0.4, 0.5) is 13.2 Å². The summed E-state index contributed by atoms with van der Waals surface area (Å²) >= 11 is 0. The summed E-state index contributed by atoms with van der Waals surface area (Å²) in [6.45, 7) is 1.19. The zero-order valence-corrected chi connectivity index (χ0v) is 16.5. The maximum atomic E-state index is 13.5. The lowest BCUT2D eigenvalue weighted by Crippen LogP contribution is -2.62. The molecule has 2 unspecified atom stereocenters. The van der Waals surface area contributed by atoms with Gasteiger partial charge in [-0.1, -0.05) is 6.92 Å². The predicted octanol–water partition coefficient (Wildman–Crippen LogP) is 1.14. The van der Waals surface area contributed by atoms with Gasteiger partial charge in [0.1, 0.15) is 12.1 Å². The van der Waals surface area contributed by atoms with E-state index in [-0.39, 0.29) is 43.7 Å². The predicted molar refractivity (Wildman–Crippen MR) is 98.7 cm³/mol. The van der Waals surface area contributed by atoms with Crippen molar-refractivity contribution in [2.24, 2.45) is 5.41 Å². The molecule has 3 aliphatic heterocycles. The highest BCUT2D eigenvalue weighted by atomic mass is 19.4. The molecule has 0 radical (unpaired) electrons. The smallest absolute Gasteiger partial charge is 0.380 e. The second-order valence-electron chi connectivity index (χ2n) is 8.37. The van der Waals surface area contributed by atoms with Gasteiger partial charge in [-0.25, -0.2) is 0 Å². The van der Waals surface area contributed by atoms with Crippen LogP contribution >= 0.6 is 0 Å². The minimum Gasteiger partial charge on any atom is -0.380 e. The van der Waals surface area contributed by atoms with Gasteiger partial charge in [0.25, 0.3) is 11.8 Å². The molecule has 8 nitrogen and oxygen atoms in total. The molecule has 3 aliphatic rings. The van der Waals surface area contributed by atoms with Crippen LogP contribution in [0.15, 0.2) is 18.2 Å². The van der Waals surface area contributed by atoms with Crippen molar-refractivity contribution in [2.45, 2.75) is 44.6 Å². The van der Waals surface area contributed by atoms with Crippen molar-refractivity contribution in [3.63, 3.8) is 0 Å². The summed E-state index contributed by atoms with van der Waals surface area (Å²) < 4.78 is 45.5. The van der Waals surface area contributed by atoms with E-state index < -0.39 is 47.3 Å². The molecule has 0 saturated carbocycles. The molecule has 166 valence electrons. The molecule has 2 atom stereocenters. The lowest BCUT2D eigenvalue weighted by molar-refractivity contribution is -0.226. The Morgan fingerprint density at radius 2 is 2.00 bits per heavy atom. The van der Waals surface area contributed by atoms with Gasteiger partial charge in [-0.15, -0.1) is 0 Å². The van der Waals surface area contributed by atoms with Gasteiger partial charge in [0, 0.05) is 29.5 Å². The molecule has 0 aliphatic carbocycles. The zero-order valence-electron chi connectivity index (χ0n) is 16.5. The highest BCUT2D eigenvalue weighted by molar-refractivity contribution is 6.06. The van der Waals surface area contributed by atoms with Crippen LogP contribution in [0.3, 0.4) is 0 Å². The first-order valence-corrected chi connectivity index (χ1v) is 9.72. The van der Waals surface area contributed by atoms with Crippen LogP contribution in [0.2, 0.25) is 0 Å². The van der Waals surface area contributed by atoms with E-state index in [0.717, 1.165) is 0 Å². The minimum absolute atomic E-state index is 0.0187. The van der Waals surface area contributed by atoms with Crippen LogP contribution < -0.4 is 10.6 Å². The zero-order chi connectivity index (χ0) is 22.6. The van der Waals surface area contributed by atoms with Crippen LogP contribution in [0.1, 0.15) is 46.0 Å². The second kappa shape index (κ2) is 7.33. The Morgan fingerprint density at radius 3 is 2.58 bits per heavy atom. The van der Waals surface area contributed by atoms with Crippen molar-refractivity contribution >= 4 is 23.6 Å². The van der Waals surface area contributed by atoms with Crippen molar-refractivity contribution in [1.82, 2.24) is 15.5 Å². The number of hydrogen-bond donors (Lipinski definition) is 2. The van der Waals surface area contributed by atoms with Crippen LogP contribution in [0.5, 0.6) is 0 Å². The molecule has 2 saturated heterocycles. The highest BCUT2D eigenvalue weighted by Crippen LogP contribution is 2.39. The van der Waals surface area contributed by atoms with Gasteiger partial charge in [0.2, 0.25) is 11.8 Å². The Kier molecular flexibility index (Phi) is 5.03. The lowest BCUT2D eigenvalue weighted by atomic mass is 9.79. The molecular weight excluding hydrogens is 419 g/mol. The van der Waals surface area contributed by atoms with E-state index in [4.69, 9.17) is 4.74 Å². The number of piperidine rings is 1. The fraction of sp³-hybridized carbons (Fsp3) is 0.500. The van der Waals surface area contributed by atoms with Crippen molar-refractivity contribution < 1.29 is 37.1 Å². The Bertz CT molecular complexity index is 973. The molecule has 2 N–H and O–H groups in total. The summed E-state index contributed by atoms with van der Waals surface area (Å²) in [5.41, 5.74) is -0.560. The van der Waals surface area contributed by atoms with Gasteiger partial charge in [0.15, 0.2) is 0 Å². The number of carbonyl (C=O) groups is 4. The van der Waals surface area contributed by atoms with Crippen molar-refractivity contribution in [3.05, 3.63) is 34.9 Å². The van der Waals surface area contributed by atoms with Crippen LogP contribution in [0, 0.1) is 5.41 Å². The number of nitrogens with one attached hydrogen (secondary N) is 2. The Morgan fingerprint density at radius 1 is 1.29 bits per heavy atom. The van der Waals surface area contributed by atoms with E-state index in [1.54, 1.807) is 0 Å². The fourth-order valence-corrected chi connectivity index (χ4v) is 4.17. The van der Waals surface area contributed by atoms with Gasteiger partial charge >= 0.3 is 6.18 Å². The third kappa shape index (κ3) is 3.78. The third-order valence-corrected chi connectivity index (χ3v) is 5.95. The molecule has 4 rings (SSSR count). The molecule has 0 bridgehead atoms. The Labute approximate surface area is 175 Å². The quantitative estimate of drug-likeness (QED) is 0.685. The number of ether oxygens (including phenoxy) is 1. The van der Waals surface area contributed by atoms with Crippen molar-refractivity contribution in [1.29, 1.82) is 0 Å². The number of hydrogen-bond acceptors (Lipinski definition) is 5. The van der Waals surface area contributed by atoms with Gasteiger partial charge in [-0.2, -0.15) is 13.2 Å². The van der Waals surface area contributed by atoms with Gasteiger partial charge in [-0.3, -0.25) is 24.5 Å². The van der Waals surface area contributed by atoms with E-state index in [2.05, 4.69) is 10.6 Å². The molecule has 11 heteroatoms. The van der Waals surface area contributed by atoms with E-state index in [9.17, 15) is 32.3 Å². The molecular formula is C20H20F3N3O5. The van der Waals surface area contributed by atoms with Gasteiger partial charge < -0.3 is 15.0 Å². The molecule has 3 heterocycles. The third-order valence-electron chi connectivity index (χ3n) is 5.95. The standard InChI is InChI=1S/C20H20F3N3O5/c1-19(8-31-9-19)18(20(21,22)23)25-15(28)10-2-3-12-11(6-10)7-26(17(12)30)13-4-5-14(27)24-16(13)29/h2-3,6,13,18H,4-5,7-9H2,1H3,(H,25,28)(H,24,27,29). The number of rotatable bonds is 4. The van der Waals surface area contributed by atoms with Crippen LogP contribution in [0.25, 0.3) is 0 Å². The molecule has 2 fully saturated rings. The van der Waals surface area contributed by atoms with E-state index >= 15 is 0 Å². The average Bonchev–Trinajstić information content (AvgIpc) is 2.99. The molecule has 31 heavy (non-hydrogen) atoms. The van der Waals surface area contributed by atoms with E-state index in [0.29, 0.717) is 5.56 Å². The SMILES string of the molecule is CC1(C(NC(=O)c2ccc3c(c2)CN(C2CCC(=O)NC2=O)C3=O)C(F)(F)F)COC1. The fourth-order valence-electron chi connectivity index (χ4n) is 4.17.